The highest BCUT2D eigenvalue weighted by molar-refractivity contribution is 6.14. The predicted molar refractivity (Wildman–Crippen MR) is 44.8 cm³/mol. The zero-order valence-corrected chi connectivity index (χ0v) is 7.48. The Balaban J connectivity index is 0.000000671. The number of carbonyl (C=O) groups excluding carboxylic acids is 2. The van der Waals surface area contributed by atoms with Gasteiger partial charge in [-0.25, -0.2) is 0 Å². The number of carboxylic acid groups (broad SMARTS) is 1. The average Bonchev–Trinajstić information content (AvgIpc) is 2.39. The summed E-state index contributed by atoms with van der Waals surface area (Å²) < 4.78 is 0. The van der Waals surface area contributed by atoms with E-state index in [0.29, 0.717) is 4.90 Å². The van der Waals surface area contributed by atoms with Gasteiger partial charge in [-0.1, -0.05) is 13.8 Å². The van der Waals surface area contributed by atoms with Crippen molar-refractivity contribution >= 4 is 17.8 Å². The summed E-state index contributed by atoms with van der Waals surface area (Å²) >= 11 is 0. The smallest absolute Gasteiger partial charge is 0.323 e. The highest BCUT2D eigenvalue weighted by Crippen LogP contribution is 2.01. The topological polar surface area (TPSA) is 74.7 Å². The number of carbonyl (C=O) groups is 3. The minimum absolute atomic E-state index is 0.565. The van der Waals surface area contributed by atoms with Crippen LogP contribution < -0.4 is 0 Å². The van der Waals surface area contributed by atoms with Crippen LogP contribution in [0.4, 0.5) is 0 Å². The first-order chi connectivity index (χ1) is 6.11. The number of amides is 2. The van der Waals surface area contributed by atoms with Crippen LogP contribution in [0.5, 0.6) is 0 Å². The van der Waals surface area contributed by atoms with E-state index in [4.69, 9.17) is 5.11 Å². The third kappa shape index (κ3) is 3.06. The molecular formula is C8H11NO4. The molecule has 0 saturated heterocycles. The lowest BCUT2D eigenvalue weighted by Crippen LogP contribution is -2.34. The van der Waals surface area contributed by atoms with Crippen molar-refractivity contribution in [3.63, 3.8) is 0 Å². The second kappa shape index (κ2) is 5.08. The Hall–Kier alpha value is -1.65. The van der Waals surface area contributed by atoms with Crippen molar-refractivity contribution in [2.75, 3.05) is 6.54 Å². The molecule has 1 N–H and O–H groups in total. The maximum Gasteiger partial charge on any atom is 0.323 e. The molecule has 1 rings (SSSR count). The van der Waals surface area contributed by atoms with Crippen molar-refractivity contribution in [1.82, 2.24) is 4.90 Å². The largest absolute Gasteiger partial charge is 0.480 e. The van der Waals surface area contributed by atoms with Crippen LogP contribution in [0, 0.1) is 0 Å². The molecule has 13 heavy (non-hydrogen) atoms. The Morgan fingerprint density at radius 2 is 1.69 bits per heavy atom. The molecule has 0 aromatic heterocycles. The number of aliphatic carboxylic acids is 1. The van der Waals surface area contributed by atoms with Gasteiger partial charge in [-0.15, -0.1) is 0 Å². The van der Waals surface area contributed by atoms with E-state index in [0.717, 1.165) is 12.2 Å². The normalized spacial score (nSPS) is 14.2. The van der Waals surface area contributed by atoms with E-state index in [1.807, 2.05) is 13.8 Å². The van der Waals surface area contributed by atoms with Gasteiger partial charge in [-0.2, -0.15) is 0 Å². The fourth-order valence-electron chi connectivity index (χ4n) is 0.722. The summed E-state index contributed by atoms with van der Waals surface area (Å²) in [6.07, 6.45) is 2.09. The van der Waals surface area contributed by atoms with Crippen LogP contribution in [0.25, 0.3) is 0 Å². The van der Waals surface area contributed by atoms with Crippen molar-refractivity contribution in [3.05, 3.63) is 12.2 Å². The van der Waals surface area contributed by atoms with E-state index in [9.17, 15) is 14.4 Å². The van der Waals surface area contributed by atoms with Crippen LogP contribution in [0.3, 0.4) is 0 Å². The van der Waals surface area contributed by atoms with Gasteiger partial charge in [0.1, 0.15) is 6.54 Å². The summed E-state index contributed by atoms with van der Waals surface area (Å²) in [6, 6.07) is 0. The van der Waals surface area contributed by atoms with Crippen molar-refractivity contribution in [2.45, 2.75) is 13.8 Å². The summed E-state index contributed by atoms with van der Waals surface area (Å²) in [4.78, 5) is 32.1. The van der Waals surface area contributed by atoms with Gasteiger partial charge >= 0.3 is 5.97 Å². The number of hydrogen-bond donors (Lipinski definition) is 1. The van der Waals surface area contributed by atoms with Gasteiger partial charge in [0, 0.05) is 12.2 Å². The maximum absolute atomic E-state index is 10.7. The first-order valence-electron chi connectivity index (χ1n) is 3.86. The molecule has 1 aliphatic heterocycles. The van der Waals surface area contributed by atoms with E-state index in [1.165, 1.54) is 0 Å². The van der Waals surface area contributed by atoms with E-state index in [2.05, 4.69) is 0 Å². The van der Waals surface area contributed by atoms with Crippen LogP contribution >= 0.6 is 0 Å². The molecule has 1 heterocycles. The Kier molecular flexibility index (Phi) is 4.43. The lowest BCUT2D eigenvalue weighted by atomic mass is 10.5. The van der Waals surface area contributed by atoms with Gasteiger partial charge in [0.25, 0.3) is 11.8 Å². The minimum Gasteiger partial charge on any atom is -0.480 e. The Bertz CT molecular complexity index is 239. The van der Waals surface area contributed by atoms with Crippen LogP contribution in [0.2, 0.25) is 0 Å². The average molecular weight is 185 g/mol. The molecule has 0 saturated carbocycles. The second-order valence-corrected chi connectivity index (χ2v) is 1.99. The van der Waals surface area contributed by atoms with Gasteiger partial charge in [-0.3, -0.25) is 19.3 Å². The van der Waals surface area contributed by atoms with Crippen molar-refractivity contribution in [3.8, 4) is 0 Å². The highest BCUT2D eigenvalue weighted by Gasteiger charge is 2.24. The number of nitrogens with zero attached hydrogens (tertiary/aromatic N) is 1. The maximum atomic E-state index is 10.7. The molecule has 0 fully saturated rings. The third-order valence-corrected chi connectivity index (χ3v) is 1.19. The molecule has 2 amide bonds. The standard InChI is InChI=1S/C6H5NO4.C2H6/c8-4-1-2-5(9)7(4)3-6(10)11;1-2/h1-2H,3H2,(H,10,11);1-2H3. The van der Waals surface area contributed by atoms with Gasteiger partial charge < -0.3 is 5.11 Å². The molecule has 5 heteroatoms. The summed E-state index contributed by atoms with van der Waals surface area (Å²) in [5.74, 6) is -2.34. The fraction of sp³-hybridized carbons (Fsp3) is 0.375. The summed E-state index contributed by atoms with van der Waals surface area (Å²) in [5.41, 5.74) is 0. The number of imide groups is 1. The van der Waals surface area contributed by atoms with Crippen LogP contribution in [-0.2, 0) is 14.4 Å². The molecule has 72 valence electrons. The monoisotopic (exact) mass is 185 g/mol. The van der Waals surface area contributed by atoms with Crippen molar-refractivity contribution in [2.24, 2.45) is 0 Å². The summed E-state index contributed by atoms with van der Waals surface area (Å²) in [7, 11) is 0. The fourth-order valence-corrected chi connectivity index (χ4v) is 0.722. The summed E-state index contributed by atoms with van der Waals surface area (Å²) in [5, 5.41) is 8.24. The highest BCUT2D eigenvalue weighted by atomic mass is 16.4. The van der Waals surface area contributed by atoms with Crippen LogP contribution in [0.1, 0.15) is 13.8 Å². The predicted octanol–water partition coefficient (Wildman–Crippen LogP) is 0.0222. The molecule has 0 aromatic rings. The Morgan fingerprint density at radius 1 is 1.31 bits per heavy atom. The first-order valence-corrected chi connectivity index (χ1v) is 3.86. The number of hydrogen-bond acceptors (Lipinski definition) is 3. The molecule has 0 aliphatic carbocycles. The second-order valence-electron chi connectivity index (χ2n) is 1.99. The number of rotatable bonds is 2. The van der Waals surface area contributed by atoms with E-state index < -0.39 is 24.3 Å². The molecule has 0 atom stereocenters. The quantitative estimate of drug-likeness (QED) is 0.615. The number of carboxylic acids is 1. The van der Waals surface area contributed by atoms with Crippen LogP contribution in [0.15, 0.2) is 12.2 Å². The third-order valence-electron chi connectivity index (χ3n) is 1.19. The molecule has 0 spiro atoms. The molecular weight excluding hydrogens is 174 g/mol. The molecule has 0 unspecified atom stereocenters. The van der Waals surface area contributed by atoms with Gasteiger partial charge in [-0.05, 0) is 0 Å². The molecule has 0 aromatic carbocycles. The molecule has 1 aliphatic rings. The SMILES string of the molecule is CC.O=C(O)CN1C(=O)C=CC1=O. The zero-order valence-electron chi connectivity index (χ0n) is 7.48. The zero-order chi connectivity index (χ0) is 10.4. The van der Waals surface area contributed by atoms with Gasteiger partial charge in [0.05, 0.1) is 0 Å². The molecule has 0 radical (unpaired) electrons. The van der Waals surface area contributed by atoms with E-state index >= 15 is 0 Å². The first kappa shape index (κ1) is 11.4. The Morgan fingerprint density at radius 3 is 2.00 bits per heavy atom. The molecule has 0 bridgehead atoms. The molecule has 5 nitrogen and oxygen atoms in total. The minimum atomic E-state index is -1.20. The van der Waals surface area contributed by atoms with Crippen molar-refractivity contribution in [1.29, 1.82) is 0 Å². The lowest BCUT2D eigenvalue weighted by molar-refractivity contribution is -0.147. The van der Waals surface area contributed by atoms with E-state index in [-0.39, 0.29) is 0 Å². The van der Waals surface area contributed by atoms with Gasteiger partial charge in [0.2, 0.25) is 0 Å². The van der Waals surface area contributed by atoms with Gasteiger partial charge in [0.15, 0.2) is 0 Å². The lowest BCUT2D eigenvalue weighted by Gasteiger charge is -2.08. The summed E-state index contributed by atoms with van der Waals surface area (Å²) in [6.45, 7) is 3.44. The van der Waals surface area contributed by atoms with E-state index in [1.54, 1.807) is 0 Å². The van der Waals surface area contributed by atoms with Crippen LogP contribution in [-0.4, -0.2) is 34.3 Å². The van der Waals surface area contributed by atoms with Crippen molar-refractivity contribution < 1.29 is 19.5 Å². The Labute approximate surface area is 75.6 Å².